The minimum Gasteiger partial charge on any atom is -0.496 e. The smallest absolute Gasteiger partial charge is 0.252 e. The van der Waals surface area contributed by atoms with Gasteiger partial charge in [0.15, 0.2) is 0 Å². The van der Waals surface area contributed by atoms with Gasteiger partial charge in [0, 0.05) is 24.2 Å². The van der Waals surface area contributed by atoms with Gasteiger partial charge in [0.05, 0.1) is 13.7 Å². The normalized spacial score (nSPS) is 14.1. The standard InChI is InChI=1S/C22H24N2O3/c1-27-20-12-6-5-11-18(20)15-19(17-9-3-2-4-10-17)22(26)23-16-21(25)24-13-7-8-14-24/h2-6,9-12,15H,7-8,13-14,16H2,1H3,(H,23,26)/b19-15+. The highest BCUT2D eigenvalue weighted by molar-refractivity contribution is 6.24. The number of carbonyl (C=O) groups excluding carboxylic acids is 2. The molecule has 5 heteroatoms. The second-order valence-electron chi connectivity index (χ2n) is 6.44. The van der Waals surface area contributed by atoms with E-state index in [-0.39, 0.29) is 18.4 Å². The summed E-state index contributed by atoms with van der Waals surface area (Å²) in [6.07, 6.45) is 3.86. The number of amides is 2. The Morgan fingerprint density at radius 1 is 1.04 bits per heavy atom. The van der Waals surface area contributed by atoms with Crippen LogP contribution in [0.3, 0.4) is 0 Å². The first-order chi connectivity index (χ1) is 13.2. The number of benzene rings is 2. The predicted molar refractivity (Wildman–Crippen MR) is 106 cm³/mol. The molecule has 0 saturated carbocycles. The van der Waals surface area contributed by atoms with Crippen LogP contribution in [0.4, 0.5) is 0 Å². The van der Waals surface area contributed by atoms with Crippen molar-refractivity contribution < 1.29 is 14.3 Å². The average molecular weight is 364 g/mol. The summed E-state index contributed by atoms with van der Waals surface area (Å²) < 4.78 is 5.39. The number of methoxy groups -OCH3 is 1. The van der Waals surface area contributed by atoms with Crippen molar-refractivity contribution in [3.05, 3.63) is 65.7 Å². The van der Waals surface area contributed by atoms with Gasteiger partial charge in [-0.3, -0.25) is 9.59 Å². The Bertz CT molecular complexity index is 824. The SMILES string of the molecule is COc1ccccc1/C=C(/C(=O)NCC(=O)N1CCCC1)c1ccccc1. The predicted octanol–water partition coefficient (Wildman–Crippen LogP) is 2.97. The molecule has 5 nitrogen and oxygen atoms in total. The topological polar surface area (TPSA) is 58.6 Å². The van der Waals surface area contributed by atoms with Crippen molar-refractivity contribution in [2.75, 3.05) is 26.7 Å². The van der Waals surface area contributed by atoms with E-state index < -0.39 is 0 Å². The van der Waals surface area contributed by atoms with Gasteiger partial charge in [0.25, 0.3) is 5.91 Å². The largest absolute Gasteiger partial charge is 0.496 e. The fraction of sp³-hybridized carbons (Fsp3) is 0.273. The number of hydrogen-bond donors (Lipinski definition) is 1. The second-order valence-corrected chi connectivity index (χ2v) is 6.44. The lowest BCUT2D eigenvalue weighted by Gasteiger charge is -2.16. The highest BCUT2D eigenvalue weighted by atomic mass is 16.5. The Kier molecular flexibility index (Phi) is 6.26. The van der Waals surface area contributed by atoms with Crippen molar-refractivity contribution in [1.29, 1.82) is 0 Å². The van der Waals surface area contributed by atoms with E-state index in [9.17, 15) is 9.59 Å². The molecule has 0 spiro atoms. The van der Waals surface area contributed by atoms with Crippen molar-refractivity contribution >= 4 is 23.5 Å². The fourth-order valence-corrected chi connectivity index (χ4v) is 3.17. The third-order valence-electron chi connectivity index (χ3n) is 4.63. The molecule has 1 aliphatic rings. The van der Waals surface area contributed by atoms with Crippen LogP contribution in [-0.4, -0.2) is 43.5 Å². The quantitative estimate of drug-likeness (QED) is 0.633. The summed E-state index contributed by atoms with van der Waals surface area (Å²) in [5.74, 6) is 0.372. The molecule has 0 aromatic heterocycles. The zero-order chi connectivity index (χ0) is 19.1. The Balaban J connectivity index is 1.82. The minimum absolute atomic E-state index is 0.00886. The minimum atomic E-state index is -0.278. The van der Waals surface area contributed by atoms with Gasteiger partial charge >= 0.3 is 0 Å². The van der Waals surface area contributed by atoms with Gasteiger partial charge in [0.2, 0.25) is 5.91 Å². The van der Waals surface area contributed by atoms with Crippen molar-refractivity contribution in [2.24, 2.45) is 0 Å². The highest BCUT2D eigenvalue weighted by Gasteiger charge is 2.19. The van der Waals surface area contributed by atoms with Crippen LogP contribution in [0.1, 0.15) is 24.0 Å². The molecule has 27 heavy (non-hydrogen) atoms. The molecule has 1 fully saturated rings. The first-order valence-corrected chi connectivity index (χ1v) is 9.15. The van der Waals surface area contributed by atoms with E-state index in [0.29, 0.717) is 11.3 Å². The Labute approximate surface area is 159 Å². The highest BCUT2D eigenvalue weighted by Crippen LogP contribution is 2.24. The molecule has 0 aliphatic carbocycles. The molecule has 0 atom stereocenters. The van der Waals surface area contributed by atoms with Crippen LogP contribution < -0.4 is 10.1 Å². The molecule has 3 rings (SSSR count). The molecule has 0 bridgehead atoms. The Morgan fingerprint density at radius 3 is 2.41 bits per heavy atom. The molecule has 0 unspecified atom stereocenters. The van der Waals surface area contributed by atoms with Crippen LogP contribution in [0.5, 0.6) is 5.75 Å². The number of carbonyl (C=O) groups is 2. The summed E-state index contributed by atoms with van der Waals surface area (Å²) in [6.45, 7) is 1.56. The van der Waals surface area contributed by atoms with Crippen LogP contribution in [0.15, 0.2) is 54.6 Å². The van der Waals surface area contributed by atoms with Crippen molar-refractivity contribution in [3.63, 3.8) is 0 Å². The summed E-state index contributed by atoms with van der Waals surface area (Å²) >= 11 is 0. The van der Waals surface area contributed by atoms with Gasteiger partial charge in [-0.2, -0.15) is 0 Å². The molecule has 2 aromatic rings. The molecule has 1 N–H and O–H groups in total. The lowest BCUT2D eigenvalue weighted by atomic mass is 10.0. The van der Waals surface area contributed by atoms with Gasteiger partial charge in [-0.15, -0.1) is 0 Å². The molecule has 1 aliphatic heterocycles. The van der Waals surface area contributed by atoms with Crippen LogP contribution >= 0.6 is 0 Å². The molecule has 2 amide bonds. The lowest BCUT2D eigenvalue weighted by molar-refractivity contribution is -0.130. The number of nitrogens with one attached hydrogen (secondary N) is 1. The Hall–Kier alpha value is -3.08. The molecule has 0 radical (unpaired) electrons. The number of hydrogen-bond acceptors (Lipinski definition) is 3. The monoisotopic (exact) mass is 364 g/mol. The van der Waals surface area contributed by atoms with Crippen molar-refractivity contribution in [3.8, 4) is 5.75 Å². The Morgan fingerprint density at radius 2 is 1.70 bits per heavy atom. The van der Waals surface area contributed by atoms with Crippen LogP contribution in [0.25, 0.3) is 11.6 Å². The number of ether oxygens (including phenoxy) is 1. The summed E-state index contributed by atoms with van der Waals surface area (Å²) in [5.41, 5.74) is 2.09. The van der Waals surface area contributed by atoms with Gasteiger partial charge in [0.1, 0.15) is 5.75 Å². The summed E-state index contributed by atoms with van der Waals surface area (Å²) in [5, 5.41) is 2.78. The van der Waals surface area contributed by atoms with Crippen LogP contribution in [-0.2, 0) is 9.59 Å². The molecule has 2 aromatic carbocycles. The molecule has 1 heterocycles. The second kappa shape index (κ2) is 9.03. The van der Waals surface area contributed by atoms with E-state index in [0.717, 1.165) is 37.1 Å². The van der Waals surface area contributed by atoms with E-state index in [1.165, 1.54) is 0 Å². The van der Waals surface area contributed by atoms with Crippen LogP contribution in [0.2, 0.25) is 0 Å². The summed E-state index contributed by atoms with van der Waals surface area (Å²) in [7, 11) is 1.60. The third-order valence-corrected chi connectivity index (χ3v) is 4.63. The van der Waals surface area contributed by atoms with E-state index in [4.69, 9.17) is 4.74 Å². The third kappa shape index (κ3) is 4.76. The maximum absolute atomic E-state index is 12.9. The lowest BCUT2D eigenvalue weighted by Crippen LogP contribution is -2.38. The average Bonchev–Trinajstić information content (AvgIpc) is 3.26. The van der Waals surface area contributed by atoms with Gasteiger partial charge in [-0.25, -0.2) is 0 Å². The molecule has 1 saturated heterocycles. The maximum Gasteiger partial charge on any atom is 0.252 e. The van der Waals surface area contributed by atoms with Gasteiger partial charge in [-0.1, -0.05) is 48.5 Å². The first-order valence-electron chi connectivity index (χ1n) is 9.15. The van der Waals surface area contributed by atoms with Gasteiger partial charge < -0.3 is 15.0 Å². The molecule has 140 valence electrons. The first kappa shape index (κ1) is 18.7. The van der Waals surface area contributed by atoms with Crippen LogP contribution in [0, 0.1) is 0 Å². The molecular formula is C22H24N2O3. The zero-order valence-electron chi connectivity index (χ0n) is 15.5. The fourth-order valence-electron chi connectivity index (χ4n) is 3.17. The van der Waals surface area contributed by atoms with Gasteiger partial charge in [-0.05, 0) is 30.5 Å². The van der Waals surface area contributed by atoms with E-state index in [1.54, 1.807) is 18.1 Å². The maximum atomic E-state index is 12.9. The van der Waals surface area contributed by atoms with E-state index in [1.807, 2.05) is 54.6 Å². The number of para-hydroxylation sites is 1. The van der Waals surface area contributed by atoms with Crippen molar-refractivity contribution in [1.82, 2.24) is 10.2 Å². The van der Waals surface area contributed by atoms with E-state index >= 15 is 0 Å². The van der Waals surface area contributed by atoms with E-state index in [2.05, 4.69) is 5.32 Å². The molecular weight excluding hydrogens is 340 g/mol. The van der Waals surface area contributed by atoms with Crippen molar-refractivity contribution in [2.45, 2.75) is 12.8 Å². The zero-order valence-corrected chi connectivity index (χ0v) is 15.5. The number of likely N-dealkylation sites (tertiary alicyclic amines) is 1. The number of rotatable bonds is 6. The number of nitrogens with zero attached hydrogens (tertiary/aromatic N) is 1. The summed E-state index contributed by atoms with van der Waals surface area (Å²) in [4.78, 5) is 26.9. The summed E-state index contributed by atoms with van der Waals surface area (Å²) in [6, 6.07) is 16.9.